The normalized spacial score (nSPS) is 14.2. The molecular formula is C20H28FN. The van der Waals surface area contributed by atoms with Gasteiger partial charge in [-0.2, -0.15) is 0 Å². The molecule has 0 N–H and O–H groups in total. The van der Waals surface area contributed by atoms with E-state index in [1.165, 1.54) is 43.7 Å². The van der Waals surface area contributed by atoms with Crippen molar-refractivity contribution >= 4 is 10.9 Å². The largest absolute Gasteiger partial charge is 0.256 e. The van der Waals surface area contributed by atoms with Crippen LogP contribution in [0.1, 0.15) is 58.4 Å². The number of fused-ring (bicyclic) bond motifs is 1. The highest BCUT2D eigenvalue weighted by Crippen LogP contribution is 2.27. The lowest BCUT2D eigenvalue weighted by molar-refractivity contribution is 0.299. The van der Waals surface area contributed by atoms with Gasteiger partial charge in [-0.05, 0) is 60.9 Å². The fourth-order valence-electron chi connectivity index (χ4n) is 3.37. The van der Waals surface area contributed by atoms with Gasteiger partial charge >= 0.3 is 0 Å². The molecule has 2 atom stereocenters. The zero-order chi connectivity index (χ0) is 15.9. The molecule has 0 fully saturated rings. The smallest absolute Gasteiger partial charge is 0.123 e. The van der Waals surface area contributed by atoms with Gasteiger partial charge in [0.25, 0.3) is 0 Å². The van der Waals surface area contributed by atoms with E-state index in [-0.39, 0.29) is 5.82 Å². The van der Waals surface area contributed by atoms with Gasteiger partial charge in [0, 0.05) is 11.6 Å². The summed E-state index contributed by atoms with van der Waals surface area (Å²) in [5.41, 5.74) is 2.12. The number of hydrogen-bond acceptors (Lipinski definition) is 1. The Balaban J connectivity index is 2.03. The maximum Gasteiger partial charge on any atom is 0.123 e. The number of aromatic nitrogens is 1. The van der Waals surface area contributed by atoms with E-state index in [9.17, 15) is 4.39 Å². The molecule has 1 heterocycles. The fraction of sp³-hybridized carbons (Fsp3) is 0.550. The van der Waals surface area contributed by atoms with Crippen LogP contribution in [0.5, 0.6) is 0 Å². The SMILES string of the molecule is CCCC(CCCc1ccnc2ccc(F)cc12)C(C)CC. The highest BCUT2D eigenvalue weighted by Gasteiger charge is 2.14. The predicted octanol–water partition coefficient (Wildman–Crippen LogP) is 6.16. The average molecular weight is 301 g/mol. The van der Waals surface area contributed by atoms with Crippen LogP contribution >= 0.6 is 0 Å². The highest BCUT2D eigenvalue weighted by atomic mass is 19.1. The van der Waals surface area contributed by atoms with Crippen molar-refractivity contribution in [1.29, 1.82) is 0 Å². The highest BCUT2D eigenvalue weighted by molar-refractivity contribution is 5.81. The van der Waals surface area contributed by atoms with Gasteiger partial charge in [-0.25, -0.2) is 4.39 Å². The van der Waals surface area contributed by atoms with E-state index in [4.69, 9.17) is 0 Å². The molecule has 22 heavy (non-hydrogen) atoms. The maximum atomic E-state index is 13.5. The Morgan fingerprint density at radius 3 is 2.68 bits per heavy atom. The maximum absolute atomic E-state index is 13.5. The van der Waals surface area contributed by atoms with E-state index in [0.717, 1.165) is 29.2 Å². The van der Waals surface area contributed by atoms with Crippen LogP contribution in [0.15, 0.2) is 30.5 Å². The van der Waals surface area contributed by atoms with Crippen molar-refractivity contribution < 1.29 is 4.39 Å². The molecule has 0 bridgehead atoms. The van der Waals surface area contributed by atoms with E-state index in [0.29, 0.717) is 0 Å². The summed E-state index contributed by atoms with van der Waals surface area (Å²) >= 11 is 0. The van der Waals surface area contributed by atoms with Crippen molar-refractivity contribution in [3.63, 3.8) is 0 Å². The number of benzene rings is 1. The zero-order valence-corrected chi connectivity index (χ0v) is 14.1. The molecule has 2 aromatic rings. The molecule has 0 aliphatic heterocycles. The van der Waals surface area contributed by atoms with Crippen LogP contribution in [0.4, 0.5) is 4.39 Å². The minimum Gasteiger partial charge on any atom is -0.256 e. The van der Waals surface area contributed by atoms with E-state index in [1.54, 1.807) is 12.1 Å². The third kappa shape index (κ3) is 4.28. The Labute approximate surface area is 134 Å². The van der Waals surface area contributed by atoms with Crippen LogP contribution in [0.3, 0.4) is 0 Å². The number of pyridine rings is 1. The summed E-state index contributed by atoms with van der Waals surface area (Å²) in [5.74, 6) is 1.44. The van der Waals surface area contributed by atoms with Crippen LogP contribution < -0.4 is 0 Å². The first kappa shape index (κ1) is 16.9. The first-order valence-corrected chi connectivity index (χ1v) is 8.68. The average Bonchev–Trinajstić information content (AvgIpc) is 2.53. The van der Waals surface area contributed by atoms with Crippen molar-refractivity contribution in [3.8, 4) is 0 Å². The van der Waals surface area contributed by atoms with Gasteiger partial charge in [0.1, 0.15) is 5.82 Å². The van der Waals surface area contributed by atoms with Crippen LogP contribution in [0, 0.1) is 17.7 Å². The minimum atomic E-state index is -0.176. The minimum absolute atomic E-state index is 0.176. The first-order chi connectivity index (χ1) is 10.7. The number of halogens is 1. The molecule has 2 heteroatoms. The zero-order valence-electron chi connectivity index (χ0n) is 14.1. The van der Waals surface area contributed by atoms with Gasteiger partial charge in [-0.15, -0.1) is 0 Å². The number of hydrogen-bond donors (Lipinski definition) is 0. The summed E-state index contributed by atoms with van der Waals surface area (Å²) in [6, 6.07) is 6.92. The Hall–Kier alpha value is -1.44. The lowest BCUT2D eigenvalue weighted by Gasteiger charge is -2.22. The molecule has 1 nitrogen and oxygen atoms in total. The predicted molar refractivity (Wildman–Crippen MR) is 92.5 cm³/mol. The van der Waals surface area contributed by atoms with E-state index < -0.39 is 0 Å². The Kier molecular flexibility index (Phi) is 6.35. The summed E-state index contributed by atoms with van der Waals surface area (Å²) < 4.78 is 13.5. The summed E-state index contributed by atoms with van der Waals surface area (Å²) in [6.45, 7) is 6.93. The molecule has 120 valence electrons. The van der Waals surface area contributed by atoms with Crippen LogP contribution in [0.25, 0.3) is 10.9 Å². The van der Waals surface area contributed by atoms with Gasteiger partial charge < -0.3 is 0 Å². The molecule has 0 amide bonds. The summed E-state index contributed by atoms with van der Waals surface area (Å²) in [4.78, 5) is 4.33. The summed E-state index contributed by atoms with van der Waals surface area (Å²) in [7, 11) is 0. The molecule has 0 saturated carbocycles. The van der Waals surface area contributed by atoms with Gasteiger partial charge in [-0.1, -0.05) is 40.0 Å². The summed E-state index contributed by atoms with van der Waals surface area (Å²) in [5, 5.41) is 0.970. The van der Waals surface area contributed by atoms with Crippen molar-refractivity contribution in [2.24, 2.45) is 11.8 Å². The molecule has 1 aromatic carbocycles. The molecule has 2 unspecified atom stereocenters. The number of nitrogens with zero attached hydrogens (tertiary/aromatic N) is 1. The molecule has 0 aliphatic rings. The molecule has 1 aromatic heterocycles. The van der Waals surface area contributed by atoms with Gasteiger partial charge in [0.05, 0.1) is 5.52 Å². The molecule has 0 radical (unpaired) electrons. The third-order valence-electron chi connectivity index (χ3n) is 4.92. The van der Waals surface area contributed by atoms with Crippen LogP contribution in [-0.2, 0) is 6.42 Å². The standard InChI is InChI=1S/C20H28FN/c1-4-7-16(15(3)5-2)8-6-9-17-12-13-22-20-11-10-18(21)14-19(17)20/h10-16H,4-9H2,1-3H3. The monoisotopic (exact) mass is 301 g/mol. The van der Waals surface area contributed by atoms with Gasteiger partial charge in [0.15, 0.2) is 0 Å². The molecule has 0 saturated heterocycles. The van der Waals surface area contributed by atoms with E-state index in [2.05, 4.69) is 25.8 Å². The molecular weight excluding hydrogens is 273 g/mol. The Morgan fingerprint density at radius 2 is 1.95 bits per heavy atom. The summed E-state index contributed by atoms with van der Waals surface area (Å²) in [6.07, 6.45) is 9.13. The quantitative estimate of drug-likeness (QED) is 0.569. The second-order valence-corrected chi connectivity index (χ2v) is 6.46. The lowest BCUT2D eigenvalue weighted by atomic mass is 9.84. The van der Waals surface area contributed by atoms with Gasteiger partial charge in [0.2, 0.25) is 0 Å². The fourth-order valence-corrected chi connectivity index (χ4v) is 3.37. The van der Waals surface area contributed by atoms with E-state index in [1.807, 2.05) is 12.3 Å². The Morgan fingerprint density at radius 1 is 1.14 bits per heavy atom. The van der Waals surface area contributed by atoms with Gasteiger partial charge in [-0.3, -0.25) is 4.98 Å². The molecule has 0 spiro atoms. The number of aryl methyl sites for hydroxylation is 1. The number of rotatable bonds is 8. The van der Waals surface area contributed by atoms with E-state index >= 15 is 0 Å². The van der Waals surface area contributed by atoms with Crippen LogP contribution in [0.2, 0.25) is 0 Å². The second-order valence-electron chi connectivity index (χ2n) is 6.46. The van der Waals surface area contributed by atoms with Crippen molar-refractivity contribution in [3.05, 3.63) is 41.8 Å². The Bertz CT molecular complexity index is 593. The van der Waals surface area contributed by atoms with Crippen molar-refractivity contribution in [2.45, 2.75) is 59.3 Å². The lowest BCUT2D eigenvalue weighted by Crippen LogP contribution is -2.11. The van der Waals surface area contributed by atoms with Crippen molar-refractivity contribution in [1.82, 2.24) is 4.98 Å². The van der Waals surface area contributed by atoms with Crippen molar-refractivity contribution in [2.75, 3.05) is 0 Å². The third-order valence-corrected chi connectivity index (χ3v) is 4.92. The van der Waals surface area contributed by atoms with Crippen LogP contribution in [-0.4, -0.2) is 4.98 Å². The first-order valence-electron chi connectivity index (χ1n) is 8.68. The second kappa shape index (κ2) is 8.26. The molecule has 2 rings (SSSR count). The topological polar surface area (TPSA) is 12.9 Å². The molecule has 0 aliphatic carbocycles.